The first kappa shape index (κ1) is 17.2. The summed E-state index contributed by atoms with van der Waals surface area (Å²) in [6.07, 6.45) is -0.164. The van der Waals surface area contributed by atoms with Crippen LogP contribution in [0.15, 0.2) is 24.3 Å². The molecule has 122 valence electrons. The number of nitrogens with zero attached hydrogens (tertiary/aromatic N) is 2. The molecule has 0 spiro atoms. The lowest BCUT2D eigenvalue weighted by molar-refractivity contribution is -0.120. The van der Waals surface area contributed by atoms with E-state index in [4.69, 9.17) is 17.3 Å². The largest absolute Gasteiger partial charge is 0.369 e. The molecule has 0 aromatic heterocycles. The van der Waals surface area contributed by atoms with E-state index in [0.717, 1.165) is 18.5 Å². The van der Waals surface area contributed by atoms with Crippen molar-refractivity contribution in [2.45, 2.75) is 24.6 Å². The second-order valence-electron chi connectivity index (χ2n) is 6.10. The van der Waals surface area contributed by atoms with E-state index in [1.165, 1.54) is 0 Å². The quantitative estimate of drug-likeness (QED) is 0.898. The fourth-order valence-corrected chi connectivity index (χ4v) is 3.14. The first-order chi connectivity index (χ1) is 10.4. The fraction of sp³-hybridized carbons (Fsp3) is 0.562. The highest BCUT2D eigenvalue weighted by molar-refractivity contribution is 6.30. The van der Waals surface area contributed by atoms with Crippen LogP contribution in [0.25, 0.3) is 0 Å². The molecular formula is C16H23ClFN3O. The third-order valence-corrected chi connectivity index (χ3v) is 4.56. The van der Waals surface area contributed by atoms with Crippen molar-refractivity contribution in [3.05, 3.63) is 34.9 Å². The normalized spacial score (nSPS) is 24.4. The van der Waals surface area contributed by atoms with E-state index in [9.17, 15) is 9.18 Å². The molecule has 1 heterocycles. The molecule has 0 aliphatic carbocycles. The van der Waals surface area contributed by atoms with Gasteiger partial charge in [0.15, 0.2) is 0 Å². The first-order valence-corrected chi connectivity index (χ1v) is 7.84. The standard InChI is InChI=1S/C16H23ClFN3O/c1-20(2)15-7-8-21(10-14(15)18)9-13(16(19)22)11-3-5-12(17)6-4-11/h3-6,13-15H,7-10H2,1-2H3,(H2,19,22). The van der Waals surface area contributed by atoms with Gasteiger partial charge < -0.3 is 10.6 Å². The number of hydrogen-bond donors (Lipinski definition) is 1. The van der Waals surface area contributed by atoms with Crippen LogP contribution in [0.4, 0.5) is 4.39 Å². The van der Waals surface area contributed by atoms with Crippen molar-refractivity contribution in [2.75, 3.05) is 33.7 Å². The summed E-state index contributed by atoms with van der Waals surface area (Å²) in [6, 6.07) is 7.03. The average Bonchev–Trinajstić information content (AvgIpc) is 2.45. The van der Waals surface area contributed by atoms with Crippen LogP contribution < -0.4 is 5.73 Å². The predicted molar refractivity (Wildman–Crippen MR) is 86.8 cm³/mol. The highest BCUT2D eigenvalue weighted by atomic mass is 35.5. The van der Waals surface area contributed by atoms with Gasteiger partial charge in [-0.2, -0.15) is 0 Å². The molecule has 1 aromatic carbocycles. The SMILES string of the molecule is CN(C)C1CCN(CC(C(N)=O)c2ccc(Cl)cc2)CC1F. The number of rotatable bonds is 5. The van der Waals surface area contributed by atoms with Crippen molar-refractivity contribution in [3.63, 3.8) is 0 Å². The maximum absolute atomic E-state index is 14.2. The zero-order valence-corrected chi connectivity index (χ0v) is 13.8. The maximum Gasteiger partial charge on any atom is 0.226 e. The topological polar surface area (TPSA) is 49.6 Å². The highest BCUT2D eigenvalue weighted by Gasteiger charge is 2.32. The predicted octanol–water partition coefficient (Wildman–Crippen LogP) is 1.88. The van der Waals surface area contributed by atoms with Crippen LogP contribution in [0, 0.1) is 0 Å². The third kappa shape index (κ3) is 4.18. The minimum atomic E-state index is -0.914. The molecular weight excluding hydrogens is 305 g/mol. The number of halogens is 2. The molecule has 0 bridgehead atoms. The van der Waals surface area contributed by atoms with Crippen LogP contribution in [-0.4, -0.2) is 61.7 Å². The van der Waals surface area contributed by atoms with Gasteiger partial charge in [0.1, 0.15) is 6.17 Å². The Labute approximate surface area is 136 Å². The molecule has 1 fully saturated rings. The van der Waals surface area contributed by atoms with Crippen LogP contribution in [0.2, 0.25) is 5.02 Å². The Morgan fingerprint density at radius 1 is 1.45 bits per heavy atom. The maximum atomic E-state index is 14.2. The summed E-state index contributed by atoms with van der Waals surface area (Å²) in [4.78, 5) is 15.7. The third-order valence-electron chi connectivity index (χ3n) is 4.31. The van der Waals surface area contributed by atoms with Gasteiger partial charge in [-0.25, -0.2) is 4.39 Å². The second-order valence-corrected chi connectivity index (χ2v) is 6.54. The fourth-order valence-electron chi connectivity index (χ4n) is 3.02. The lowest BCUT2D eigenvalue weighted by Crippen LogP contribution is -2.51. The number of primary amides is 1. The number of amides is 1. The number of alkyl halides is 1. The van der Waals surface area contributed by atoms with Crippen LogP contribution in [0.3, 0.4) is 0 Å². The molecule has 0 radical (unpaired) electrons. The van der Waals surface area contributed by atoms with Crippen LogP contribution in [0.5, 0.6) is 0 Å². The van der Waals surface area contributed by atoms with Gasteiger partial charge in [-0.3, -0.25) is 9.69 Å². The van der Waals surface area contributed by atoms with Gasteiger partial charge >= 0.3 is 0 Å². The number of piperidine rings is 1. The smallest absolute Gasteiger partial charge is 0.226 e. The van der Waals surface area contributed by atoms with E-state index >= 15 is 0 Å². The Hall–Kier alpha value is -1.17. The van der Waals surface area contributed by atoms with Crippen molar-refractivity contribution in [1.82, 2.24) is 9.80 Å². The van der Waals surface area contributed by atoms with Crippen molar-refractivity contribution >= 4 is 17.5 Å². The van der Waals surface area contributed by atoms with Gasteiger partial charge in [-0.1, -0.05) is 23.7 Å². The number of carbonyl (C=O) groups excluding carboxylic acids is 1. The molecule has 1 amide bonds. The zero-order chi connectivity index (χ0) is 16.3. The molecule has 4 nitrogen and oxygen atoms in total. The number of carbonyl (C=O) groups is 1. The highest BCUT2D eigenvalue weighted by Crippen LogP contribution is 2.23. The molecule has 3 atom stereocenters. The van der Waals surface area contributed by atoms with Gasteiger partial charge in [0.25, 0.3) is 0 Å². The number of nitrogens with two attached hydrogens (primary N) is 1. The van der Waals surface area contributed by atoms with Gasteiger partial charge in [0, 0.05) is 24.2 Å². The van der Waals surface area contributed by atoms with E-state index in [1.807, 2.05) is 23.9 Å². The molecule has 1 aliphatic heterocycles. The van der Waals surface area contributed by atoms with Crippen molar-refractivity contribution in [3.8, 4) is 0 Å². The molecule has 3 unspecified atom stereocenters. The van der Waals surface area contributed by atoms with E-state index < -0.39 is 18.0 Å². The van der Waals surface area contributed by atoms with E-state index in [2.05, 4.69) is 0 Å². The zero-order valence-electron chi connectivity index (χ0n) is 13.0. The molecule has 22 heavy (non-hydrogen) atoms. The Bertz CT molecular complexity index is 509. The summed E-state index contributed by atoms with van der Waals surface area (Å²) in [5.41, 5.74) is 6.35. The van der Waals surface area contributed by atoms with Crippen LogP contribution in [0.1, 0.15) is 17.9 Å². The number of benzene rings is 1. The second kappa shape index (κ2) is 7.40. The van der Waals surface area contributed by atoms with E-state index in [-0.39, 0.29) is 6.04 Å². The molecule has 1 aliphatic rings. The number of likely N-dealkylation sites (tertiary alicyclic amines) is 1. The van der Waals surface area contributed by atoms with Crippen molar-refractivity contribution in [2.24, 2.45) is 5.73 Å². The number of hydrogen-bond acceptors (Lipinski definition) is 3. The van der Waals surface area contributed by atoms with Gasteiger partial charge in [0.05, 0.1) is 5.92 Å². The Balaban J connectivity index is 2.03. The lowest BCUT2D eigenvalue weighted by atomic mass is 9.95. The Morgan fingerprint density at radius 2 is 2.09 bits per heavy atom. The Morgan fingerprint density at radius 3 is 2.59 bits per heavy atom. The van der Waals surface area contributed by atoms with Crippen LogP contribution >= 0.6 is 11.6 Å². The van der Waals surface area contributed by atoms with Gasteiger partial charge in [0.2, 0.25) is 5.91 Å². The van der Waals surface area contributed by atoms with Crippen molar-refractivity contribution < 1.29 is 9.18 Å². The van der Waals surface area contributed by atoms with Crippen LogP contribution in [-0.2, 0) is 4.79 Å². The summed E-state index contributed by atoms with van der Waals surface area (Å²) >= 11 is 5.87. The minimum Gasteiger partial charge on any atom is -0.369 e. The van der Waals surface area contributed by atoms with Crippen molar-refractivity contribution in [1.29, 1.82) is 0 Å². The lowest BCUT2D eigenvalue weighted by Gasteiger charge is -2.38. The molecule has 0 saturated carbocycles. The molecule has 1 saturated heterocycles. The summed E-state index contributed by atoms with van der Waals surface area (Å²) in [7, 11) is 3.79. The average molecular weight is 328 g/mol. The Kier molecular flexibility index (Phi) is 5.78. The van der Waals surface area contributed by atoms with E-state index in [0.29, 0.717) is 18.1 Å². The minimum absolute atomic E-state index is 0.0567. The molecule has 2 rings (SSSR count). The monoisotopic (exact) mass is 327 g/mol. The summed E-state index contributed by atoms with van der Waals surface area (Å²) in [5.74, 6) is -0.840. The first-order valence-electron chi connectivity index (χ1n) is 7.46. The summed E-state index contributed by atoms with van der Waals surface area (Å²) < 4.78 is 14.2. The molecule has 6 heteroatoms. The summed E-state index contributed by atoms with van der Waals surface area (Å²) in [5, 5.41) is 0.614. The molecule has 1 aromatic rings. The van der Waals surface area contributed by atoms with Gasteiger partial charge in [-0.15, -0.1) is 0 Å². The van der Waals surface area contributed by atoms with Gasteiger partial charge in [-0.05, 0) is 44.8 Å². The molecule has 2 N–H and O–H groups in total. The summed E-state index contributed by atoms with van der Waals surface area (Å²) in [6.45, 7) is 1.54. The van der Waals surface area contributed by atoms with E-state index in [1.54, 1.807) is 24.3 Å².